The predicted molar refractivity (Wildman–Crippen MR) is 94.2 cm³/mol. The van der Waals surface area contributed by atoms with Crippen molar-refractivity contribution >= 4 is 30.7 Å². The Hall–Kier alpha value is -0.0700. The molecule has 0 aromatic heterocycles. The van der Waals surface area contributed by atoms with Crippen molar-refractivity contribution in [2.75, 3.05) is 39.4 Å². The van der Waals surface area contributed by atoms with Crippen molar-refractivity contribution in [3.63, 3.8) is 0 Å². The molecule has 0 aliphatic carbocycles. The van der Waals surface area contributed by atoms with Crippen LogP contribution in [0.3, 0.4) is 0 Å². The van der Waals surface area contributed by atoms with Crippen LogP contribution in [0.5, 0.6) is 0 Å². The Bertz CT molecular complexity index is 305. The summed E-state index contributed by atoms with van der Waals surface area (Å²) in [6.45, 7) is 9.53. The van der Waals surface area contributed by atoms with Gasteiger partial charge in [0.1, 0.15) is 0 Å². The molecule has 132 valence electrons. The van der Waals surface area contributed by atoms with Crippen LogP contribution in [0.1, 0.15) is 33.1 Å². The van der Waals surface area contributed by atoms with Gasteiger partial charge in [0.15, 0.2) is 0 Å². The molecule has 5 nitrogen and oxygen atoms in total. The topological polar surface area (TPSA) is 53.6 Å². The van der Waals surface area contributed by atoms with Gasteiger partial charge < -0.3 is 15.4 Å². The molecule has 7 heteroatoms. The third-order valence-corrected chi connectivity index (χ3v) is 4.61. The van der Waals surface area contributed by atoms with Crippen LogP contribution in [0.2, 0.25) is 0 Å². The lowest BCUT2D eigenvalue weighted by atomic mass is 9.91. The molecule has 2 N–H and O–H groups in total. The first-order valence-corrected chi connectivity index (χ1v) is 8.09. The van der Waals surface area contributed by atoms with Crippen LogP contribution in [-0.2, 0) is 9.53 Å². The number of morpholine rings is 1. The quantitative estimate of drug-likeness (QED) is 0.756. The third-order valence-electron chi connectivity index (χ3n) is 4.61. The number of carbonyl (C=O) groups is 1. The van der Waals surface area contributed by atoms with Crippen LogP contribution in [0.4, 0.5) is 0 Å². The zero-order valence-corrected chi connectivity index (χ0v) is 15.3. The van der Waals surface area contributed by atoms with Gasteiger partial charge in [-0.15, -0.1) is 24.8 Å². The van der Waals surface area contributed by atoms with Gasteiger partial charge in [-0.3, -0.25) is 9.69 Å². The first-order valence-electron chi connectivity index (χ1n) is 8.09. The van der Waals surface area contributed by atoms with Crippen molar-refractivity contribution in [3.8, 4) is 0 Å². The lowest BCUT2D eigenvalue weighted by Crippen LogP contribution is -2.56. The highest BCUT2D eigenvalue weighted by Crippen LogP contribution is 2.20. The number of ether oxygens (including phenoxy) is 1. The van der Waals surface area contributed by atoms with Crippen molar-refractivity contribution in [2.45, 2.75) is 45.2 Å². The highest BCUT2D eigenvalue weighted by molar-refractivity contribution is 5.85. The average Bonchev–Trinajstić information content (AvgIpc) is 2.98. The van der Waals surface area contributed by atoms with E-state index in [4.69, 9.17) is 4.74 Å². The fourth-order valence-corrected chi connectivity index (χ4v) is 3.33. The summed E-state index contributed by atoms with van der Waals surface area (Å²) < 4.78 is 5.43. The van der Waals surface area contributed by atoms with Gasteiger partial charge in [-0.25, -0.2) is 0 Å². The summed E-state index contributed by atoms with van der Waals surface area (Å²) >= 11 is 0. The fraction of sp³-hybridized carbons (Fsp3) is 0.933. The first-order chi connectivity index (χ1) is 9.76. The van der Waals surface area contributed by atoms with Gasteiger partial charge in [0.25, 0.3) is 0 Å². The number of rotatable bonds is 6. The molecule has 1 amide bonds. The van der Waals surface area contributed by atoms with Gasteiger partial charge in [-0.05, 0) is 18.9 Å². The van der Waals surface area contributed by atoms with E-state index in [1.165, 1.54) is 0 Å². The molecule has 0 saturated carbocycles. The number of nitrogens with zero attached hydrogens (tertiary/aromatic N) is 1. The van der Waals surface area contributed by atoms with E-state index in [9.17, 15) is 4.79 Å². The van der Waals surface area contributed by atoms with E-state index in [2.05, 4.69) is 29.4 Å². The molecule has 2 atom stereocenters. The lowest BCUT2D eigenvalue weighted by molar-refractivity contribution is -0.131. The molecular weight excluding hydrogens is 325 g/mol. The molecule has 2 aliphatic rings. The molecule has 2 aliphatic heterocycles. The van der Waals surface area contributed by atoms with Crippen molar-refractivity contribution in [1.82, 2.24) is 15.5 Å². The summed E-state index contributed by atoms with van der Waals surface area (Å²) in [6, 6.07) is 0.315. The van der Waals surface area contributed by atoms with Crippen LogP contribution in [0, 0.1) is 5.92 Å². The molecule has 2 saturated heterocycles. The van der Waals surface area contributed by atoms with Crippen molar-refractivity contribution in [2.24, 2.45) is 5.92 Å². The summed E-state index contributed by atoms with van der Waals surface area (Å²) in [5, 5.41) is 6.55. The minimum atomic E-state index is 0. The fourth-order valence-electron chi connectivity index (χ4n) is 3.33. The maximum absolute atomic E-state index is 12.7. The van der Waals surface area contributed by atoms with Gasteiger partial charge in [0, 0.05) is 25.7 Å². The summed E-state index contributed by atoms with van der Waals surface area (Å²) in [5.41, 5.74) is 0. The third kappa shape index (κ3) is 5.85. The zero-order valence-electron chi connectivity index (χ0n) is 13.7. The number of hydrogen-bond acceptors (Lipinski definition) is 4. The molecule has 2 fully saturated rings. The molecule has 2 unspecified atom stereocenters. The number of hydrogen-bond donors (Lipinski definition) is 2. The molecule has 22 heavy (non-hydrogen) atoms. The lowest BCUT2D eigenvalue weighted by Gasteiger charge is -2.38. The maximum atomic E-state index is 12.7. The van der Waals surface area contributed by atoms with E-state index in [-0.39, 0.29) is 36.8 Å². The Morgan fingerprint density at radius 2 is 1.91 bits per heavy atom. The monoisotopic (exact) mass is 355 g/mol. The van der Waals surface area contributed by atoms with E-state index < -0.39 is 0 Å². The van der Waals surface area contributed by atoms with E-state index in [1.807, 2.05) is 0 Å². The normalized spacial score (nSPS) is 23.5. The van der Waals surface area contributed by atoms with Crippen LogP contribution in [-0.4, -0.2) is 62.3 Å². The van der Waals surface area contributed by atoms with Crippen LogP contribution in [0.25, 0.3) is 0 Å². The Morgan fingerprint density at radius 1 is 1.27 bits per heavy atom. The van der Waals surface area contributed by atoms with Gasteiger partial charge in [-0.2, -0.15) is 0 Å². The second kappa shape index (κ2) is 11.5. The van der Waals surface area contributed by atoms with Crippen LogP contribution >= 0.6 is 24.8 Å². The number of amides is 1. The molecule has 0 spiro atoms. The van der Waals surface area contributed by atoms with Gasteiger partial charge in [0.2, 0.25) is 5.91 Å². The van der Waals surface area contributed by atoms with Crippen molar-refractivity contribution < 1.29 is 9.53 Å². The number of halogens is 2. The molecule has 0 radical (unpaired) electrons. The van der Waals surface area contributed by atoms with E-state index >= 15 is 0 Å². The minimum Gasteiger partial charge on any atom is -0.379 e. The average molecular weight is 356 g/mol. The first kappa shape index (κ1) is 21.9. The Morgan fingerprint density at radius 3 is 2.41 bits per heavy atom. The molecular formula is C15H31Cl2N3O2. The predicted octanol–water partition coefficient (Wildman–Crippen LogP) is 1.45. The Balaban J connectivity index is 0.00000220. The highest BCUT2D eigenvalue weighted by Gasteiger charge is 2.34. The van der Waals surface area contributed by atoms with Crippen molar-refractivity contribution in [3.05, 3.63) is 0 Å². The van der Waals surface area contributed by atoms with Crippen LogP contribution < -0.4 is 10.6 Å². The van der Waals surface area contributed by atoms with E-state index in [0.29, 0.717) is 12.0 Å². The standard InChI is InChI=1S/C15H29N3O2.2ClH/c1-3-12(4-2)14(18-7-9-20-10-8-18)15(19)17-13-5-6-16-11-13;;/h12-14,16H,3-11H2,1-2H3,(H,17,19);2*1H. The molecule has 2 rings (SSSR count). The van der Waals surface area contributed by atoms with Gasteiger partial charge >= 0.3 is 0 Å². The number of nitrogens with one attached hydrogen (secondary N) is 2. The largest absolute Gasteiger partial charge is 0.379 e. The molecule has 0 aromatic rings. The summed E-state index contributed by atoms with van der Waals surface area (Å²) in [7, 11) is 0. The summed E-state index contributed by atoms with van der Waals surface area (Å²) in [5.74, 6) is 0.650. The smallest absolute Gasteiger partial charge is 0.237 e. The molecule has 2 heterocycles. The maximum Gasteiger partial charge on any atom is 0.237 e. The Kier molecular flexibility index (Phi) is 11.4. The second-order valence-electron chi connectivity index (χ2n) is 5.87. The summed E-state index contributed by atoms with van der Waals surface area (Å²) in [4.78, 5) is 15.1. The van der Waals surface area contributed by atoms with E-state index in [1.54, 1.807) is 0 Å². The van der Waals surface area contributed by atoms with Crippen molar-refractivity contribution in [1.29, 1.82) is 0 Å². The Labute approximate surface area is 146 Å². The zero-order chi connectivity index (χ0) is 14.4. The number of carbonyl (C=O) groups excluding carboxylic acids is 1. The van der Waals surface area contributed by atoms with E-state index in [0.717, 1.165) is 58.7 Å². The molecule has 0 bridgehead atoms. The SMILES string of the molecule is CCC(CC)C(C(=O)NC1CCNC1)N1CCOCC1.Cl.Cl. The highest BCUT2D eigenvalue weighted by atomic mass is 35.5. The summed E-state index contributed by atoms with van der Waals surface area (Å²) in [6.07, 6.45) is 3.15. The minimum absolute atomic E-state index is 0. The molecule has 0 aromatic carbocycles. The van der Waals surface area contributed by atoms with Gasteiger partial charge in [-0.1, -0.05) is 26.7 Å². The second-order valence-corrected chi connectivity index (χ2v) is 5.87. The van der Waals surface area contributed by atoms with Crippen LogP contribution in [0.15, 0.2) is 0 Å². The van der Waals surface area contributed by atoms with Gasteiger partial charge in [0.05, 0.1) is 19.3 Å².